The van der Waals surface area contributed by atoms with Crippen LogP contribution in [0.5, 0.6) is 5.75 Å². The maximum atomic E-state index is 12.3. The summed E-state index contributed by atoms with van der Waals surface area (Å²) >= 11 is 15.4. The molecule has 0 aliphatic carbocycles. The fraction of sp³-hybridized carbons (Fsp3) is 0.188. The van der Waals surface area contributed by atoms with Crippen molar-refractivity contribution in [1.82, 2.24) is 0 Å². The van der Waals surface area contributed by atoms with Crippen molar-refractivity contribution in [2.45, 2.75) is 19.4 Å². The normalized spacial score (nSPS) is 11.8. The summed E-state index contributed by atoms with van der Waals surface area (Å²) in [5.41, 5.74) is 0.611. The molecule has 1 amide bonds. The molecular formula is C16H14BrCl2NO2. The first kappa shape index (κ1) is 17.1. The fourth-order valence-electron chi connectivity index (χ4n) is 1.81. The Labute approximate surface area is 147 Å². The van der Waals surface area contributed by atoms with Crippen LogP contribution in [-0.2, 0) is 4.79 Å². The first-order valence-electron chi connectivity index (χ1n) is 6.68. The van der Waals surface area contributed by atoms with Crippen LogP contribution in [0.25, 0.3) is 0 Å². The summed E-state index contributed by atoms with van der Waals surface area (Å²) in [6.07, 6.45) is -0.122. The zero-order chi connectivity index (χ0) is 16.1. The molecular weight excluding hydrogens is 389 g/mol. The van der Waals surface area contributed by atoms with Crippen LogP contribution in [0.1, 0.15) is 13.3 Å². The van der Waals surface area contributed by atoms with Gasteiger partial charge in [0.2, 0.25) is 0 Å². The van der Waals surface area contributed by atoms with Gasteiger partial charge in [-0.25, -0.2) is 0 Å². The van der Waals surface area contributed by atoms with Gasteiger partial charge >= 0.3 is 0 Å². The van der Waals surface area contributed by atoms with Crippen LogP contribution >= 0.6 is 39.1 Å². The highest BCUT2D eigenvalue weighted by atomic mass is 79.9. The van der Waals surface area contributed by atoms with E-state index in [0.717, 1.165) is 4.47 Å². The van der Waals surface area contributed by atoms with E-state index in [0.29, 0.717) is 27.9 Å². The molecule has 0 spiro atoms. The smallest absolute Gasteiger partial charge is 0.265 e. The Hall–Kier alpha value is -1.23. The summed E-state index contributed by atoms with van der Waals surface area (Å²) in [6, 6.07) is 12.3. The second kappa shape index (κ2) is 7.86. The molecule has 22 heavy (non-hydrogen) atoms. The summed E-state index contributed by atoms with van der Waals surface area (Å²) in [5.74, 6) is 0.237. The molecule has 0 aliphatic heterocycles. The van der Waals surface area contributed by atoms with Gasteiger partial charge < -0.3 is 10.1 Å². The van der Waals surface area contributed by atoms with Gasteiger partial charge in [-0.3, -0.25) is 4.79 Å². The molecule has 2 aromatic carbocycles. The number of carbonyl (C=O) groups is 1. The Morgan fingerprint density at radius 3 is 2.59 bits per heavy atom. The van der Waals surface area contributed by atoms with Gasteiger partial charge in [-0.15, -0.1) is 0 Å². The van der Waals surface area contributed by atoms with Crippen LogP contribution in [0, 0.1) is 0 Å². The Morgan fingerprint density at radius 1 is 1.23 bits per heavy atom. The number of para-hydroxylation sites is 1. The number of ether oxygens (including phenoxy) is 1. The third-order valence-electron chi connectivity index (χ3n) is 2.96. The lowest BCUT2D eigenvalue weighted by molar-refractivity contribution is -0.122. The van der Waals surface area contributed by atoms with Gasteiger partial charge in [-0.1, -0.05) is 42.3 Å². The third-order valence-corrected chi connectivity index (χ3v) is 4.50. The number of hydrogen-bond acceptors (Lipinski definition) is 2. The molecule has 0 heterocycles. The van der Waals surface area contributed by atoms with Crippen molar-refractivity contribution in [3.63, 3.8) is 0 Å². The van der Waals surface area contributed by atoms with Crippen LogP contribution < -0.4 is 10.1 Å². The predicted octanol–water partition coefficient (Wildman–Crippen LogP) is 5.55. The lowest BCUT2D eigenvalue weighted by atomic mass is 10.2. The van der Waals surface area contributed by atoms with Crippen molar-refractivity contribution >= 4 is 50.7 Å². The molecule has 3 nitrogen and oxygen atoms in total. The van der Waals surface area contributed by atoms with Gasteiger partial charge in [-0.2, -0.15) is 0 Å². The monoisotopic (exact) mass is 401 g/mol. The summed E-state index contributed by atoms with van der Waals surface area (Å²) in [4.78, 5) is 12.3. The average Bonchev–Trinajstić information content (AvgIpc) is 2.50. The number of carbonyl (C=O) groups excluding carboxylic acids is 1. The van der Waals surface area contributed by atoms with E-state index in [-0.39, 0.29) is 5.91 Å². The van der Waals surface area contributed by atoms with Crippen LogP contribution in [0.4, 0.5) is 5.69 Å². The van der Waals surface area contributed by atoms with Crippen molar-refractivity contribution in [2.75, 3.05) is 5.32 Å². The van der Waals surface area contributed by atoms with Gasteiger partial charge in [0, 0.05) is 10.2 Å². The maximum Gasteiger partial charge on any atom is 0.265 e. The van der Waals surface area contributed by atoms with E-state index < -0.39 is 6.10 Å². The highest BCUT2D eigenvalue weighted by molar-refractivity contribution is 9.10. The van der Waals surface area contributed by atoms with Crippen molar-refractivity contribution in [3.05, 3.63) is 57.0 Å². The minimum Gasteiger partial charge on any atom is -0.479 e. The van der Waals surface area contributed by atoms with Gasteiger partial charge in [0.05, 0.1) is 10.0 Å². The topological polar surface area (TPSA) is 38.3 Å². The summed E-state index contributed by atoms with van der Waals surface area (Å²) < 4.78 is 6.47. The highest BCUT2D eigenvalue weighted by Crippen LogP contribution is 2.27. The predicted molar refractivity (Wildman–Crippen MR) is 93.9 cm³/mol. The summed E-state index contributed by atoms with van der Waals surface area (Å²) in [5, 5.41) is 3.79. The molecule has 0 unspecified atom stereocenters. The van der Waals surface area contributed by atoms with Crippen LogP contribution in [0.3, 0.4) is 0 Å². The molecule has 0 aromatic heterocycles. The molecule has 1 atom stereocenters. The third kappa shape index (κ3) is 4.38. The van der Waals surface area contributed by atoms with Gasteiger partial charge in [0.15, 0.2) is 6.10 Å². The Bertz CT molecular complexity index is 679. The maximum absolute atomic E-state index is 12.3. The second-order valence-electron chi connectivity index (χ2n) is 4.56. The van der Waals surface area contributed by atoms with Crippen molar-refractivity contribution in [2.24, 2.45) is 0 Å². The molecule has 0 aliphatic rings. The largest absolute Gasteiger partial charge is 0.479 e. The molecule has 6 heteroatoms. The molecule has 0 saturated carbocycles. The lowest BCUT2D eigenvalue weighted by Crippen LogP contribution is -2.32. The van der Waals surface area contributed by atoms with Gasteiger partial charge in [-0.05, 0) is 52.7 Å². The number of hydrogen-bond donors (Lipinski definition) is 1. The van der Waals surface area contributed by atoms with Gasteiger partial charge in [0.1, 0.15) is 5.75 Å². The van der Waals surface area contributed by atoms with E-state index >= 15 is 0 Å². The quantitative estimate of drug-likeness (QED) is 0.711. The zero-order valence-corrected chi connectivity index (χ0v) is 14.9. The van der Waals surface area contributed by atoms with E-state index in [9.17, 15) is 4.79 Å². The molecule has 0 saturated heterocycles. The van der Waals surface area contributed by atoms with E-state index in [1.807, 2.05) is 6.92 Å². The van der Waals surface area contributed by atoms with Crippen LogP contribution in [0.2, 0.25) is 10.0 Å². The van der Waals surface area contributed by atoms with Crippen molar-refractivity contribution < 1.29 is 9.53 Å². The second-order valence-corrected chi connectivity index (χ2v) is 6.23. The van der Waals surface area contributed by atoms with E-state index in [4.69, 9.17) is 27.9 Å². The molecule has 0 fully saturated rings. The number of halogens is 3. The zero-order valence-electron chi connectivity index (χ0n) is 11.8. The number of nitrogens with one attached hydrogen (secondary N) is 1. The lowest BCUT2D eigenvalue weighted by Gasteiger charge is -2.18. The van der Waals surface area contributed by atoms with E-state index in [2.05, 4.69) is 21.2 Å². The number of rotatable bonds is 5. The number of benzene rings is 2. The number of amides is 1. The van der Waals surface area contributed by atoms with Crippen LogP contribution in [0.15, 0.2) is 46.9 Å². The standard InChI is InChI=1S/C16H14BrCl2NO2/c1-2-14(22-15-6-4-3-5-12(15)18)16(21)20-10-7-8-11(17)13(19)9-10/h3-9,14H,2H2,1H3,(H,20,21)/t14-/m0/s1. The summed E-state index contributed by atoms with van der Waals surface area (Å²) in [7, 11) is 0. The first-order valence-corrected chi connectivity index (χ1v) is 8.23. The molecule has 0 bridgehead atoms. The molecule has 116 valence electrons. The van der Waals surface area contributed by atoms with Crippen LogP contribution in [-0.4, -0.2) is 12.0 Å². The summed E-state index contributed by atoms with van der Waals surface area (Å²) in [6.45, 7) is 1.87. The molecule has 2 aromatic rings. The van der Waals surface area contributed by atoms with E-state index in [1.165, 1.54) is 0 Å². The molecule has 2 rings (SSSR count). The first-order chi connectivity index (χ1) is 10.5. The van der Waals surface area contributed by atoms with Crippen molar-refractivity contribution in [1.29, 1.82) is 0 Å². The highest BCUT2D eigenvalue weighted by Gasteiger charge is 2.19. The average molecular weight is 403 g/mol. The Balaban J connectivity index is 2.08. The number of anilines is 1. The fourth-order valence-corrected chi connectivity index (χ4v) is 2.42. The van der Waals surface area contributed by atoms with Gasteiger partial charge in [0.25, 0.3) is 5.91 Å². The minimum atomic E-state index is -0.637. The Morgan fingerprint density at radius 2 is 1.95 bits per heavy atom. The SMILES string of the molecule is CC[C@H](Oc1ccccc1Cl)C(=O)Nc1ccc(Br)c(Cl)c1. The molecule has 1 N–H and O–H groups in total. The van der Waals surface area contributed by atoms with E-state index in [1.54, 1.807) is 42.5 Å². The Kier molecular flexibility index (Phi) is 6.12. The minimum absolute atomic E-state index is 0.249. The van der Waals surface area contributed by atoms with Crippen molar-refractivity contribution in [3.8, 4) is 5.75 Å². The molecule has 0 radical (unpaired) electrons.